The number of amides is 1. The van der Waals surface area contributed by atoms with Crippen molar-refractivity contribution in [2.75, 3.05) is 13.7 Å². The molecule has 1 amide bonds. The van der Waals surface area contributed by atoms with Gasteiger partial charge in [-0.1, -0.05) is 7.43 Å². The van der Waals surface area contributed by atoms with Gasteiger partial charge in [0.2, 0.25) is 0 Å². The van der Waals surface area contributed by atoms with Crippen molar-refractivity contribution in [3.05, 3.63) is 47.3 Å². The maximum atomic E-state index is 12.4. The van der Waals surface area contributed by atoms with Gasteiger partial charge in [0.1, 0.15) is 12.2 Å². The standard InChI is InChI=1S/C18H18N6O2S.C2HF3O2.CH4/c1-11(9-26-2)23-18(25)16-3-12(10-27-16)15-7-22-24-8-14(4-19-17(15)24)13-5-20-21-6-13;3-2(4,5)1(6)7;/h3-8,10-11H,9H2,1-2H3,(H2,20,21,23,25);(H,6,7);1H4. The molecule has 188 valence electrons. The first-order chi connectivity index (χ1) is 16.1. The summed E-state index contributed by atoms with van der Waals surface area (Å²) in [5.41, 5.74) is 4.60. The summed E-state index contributed by atoms with van der Waals surface area (Å²) < 4.78 is 38.5. The van der Waals surface area contributed by atoms with Gasteiger partial charge in [0.15, 0.2) is 6.20 Å². The van der Waals surface area contributed by atoms with Gasteiger partial charge in [-0.2, -0.15) is 18.3 Å². The van der Waals surface area contributed by atoms with E-state index in [2.05, 4.69) is 25.6 Å². The van der Waals surface area contributed by atoms with Crippen molar-refractivity contribution < 1.29 is 37.1 Å². The lowest BCUT2D eigenvalue weighted by Crippen LogP contribution is -2.37. The minimum atomic E-state index is -5.19. The Bertz CT molecular complexity index is 1270. The molecule has 0 spiro atoms. The summed E-state index contributed by atoms with van der Waals surface area (Å²) >= 11 is 1.41. The van der Waals surface area contributed by atoms with Gasteiger partial charge in [0, 0.05) is 30.5 Å². The average Bonchev–Trinajstić information content (AvgIpc) is 3.52. The Morgan fingerprint density at radius 1 is 1.26 bits per heavy atom. The van der Waals surface area contributed by atoms with Crippen LogP contribution >= 0.6 is 11.3 Å². The maximum absolute atomic E-state index is 12.4. The smallest absolute Gasteiger partial charge is 0.430 e. The molecule has 35 heavy (non-hydrogen) atoms. The van der Waals surface area contributed by atoms with Crippen LogP contribution in [0.4, 0.5) is 13.2 Å². The molecule has 1 unspecified atom stereocenters. The second-order valence-corrected chi connectivity index (χ2v) is 7.94. The molecule has 0 fully saturated rings. The second-order valence-electron chi connectivity index (χ2n) is 7.03. The number of methoxy groups -OCH3 is 1. The molecule has 4 heterocycles. The molecule has 4 aromatic rings. The number of fused-ring (bicyclic) bond motifs is 1. The van der Waals surface area contributed by atoms with Crippen LogP contribution in [0.2, 0.25) is 0 Å². The molecule has 0 aliphatic heterocycles. The van der Waals surface area contributed by atoms with Crippen molar-refractivity contribution in [3.63, 3.8) is 0 Å². The normalized spacial score (nSPS) is 11.8. The van der Waals surface area contributed by atoms with E-state index in [0.29, 0.717) is 11.5 Å². The molecule has 10 nitrogen and oxygen atoms in total. The summed E-state index contributed by atoms with van der Waals surface area (Å²) in [5, 5.41) is 23.6. The van der Waals surface area contributed by atoms with E-state index < -0.39 is 12.1 Å². The van der Waals surface area contributed by atoms with Crippen LogP contribution in [-0.4, -0.2) is 58.1 Å². The summed E-state index contributed by atoms with van der Waals surface area (Å²) in [4.78, 5) is 26.4. The quantitative estimate of drug-likeness (QED) is 0.338. The fraction of sp³-hybridized carbons (Fsp3) is 0.286. The number of rotatable bonds is 6. The molecular formula is C21H23F3N6O4S. The summed E-state index contributed by atoms with van der Waals surface area (Å²) in [7, 11) is 1.62. The number of thiophene rings is 1. The van der Waals surface area contributed by atoms with E-state index in [0.717, 1.165) is 27.9 Å². The first-order valence-electron chi connectivity index (χ1n) is 9.65. The van der Waals surface area contributed by atoms with Crippen LogP contribution in [0.3, 0.4) is 0 Å². The van der Waals surface area contributed by atoms with Crippen LogP contribution in [0.5, 0.6) is 0 Å². The Kier molecular flexibility index (Phi) is 9.08. The third kappa shape index (κ3) is 6.86. The molecule has 0 saturated carbocycles. The Morgan fingerprint density at radius 2 is 1.97 bits per heavy atom. The lowest BCUT2D eigenvalue weighted by Gasteiger charge is -2.11. The van der Waals surface area contributed by atoms with Gasteiger partial charge in [0.05, 0.1) is 35.0 Å². The summed E-state index contributed by atoms with van der Waals surface area (Å²) in [5.74, 6) is -3.11. The van der Waals surface area contributed by atoms with E-state index >= 15 is 0 Å². The Morgan fingerprint density at radius 3 is 2.57 bits per heavy atom. The Hall–Kier alpha value is -3.78. The van der Waals surface area contributed by atoms with E-state index in [1.807, 2.05) is 47.7 Å². The van der Waals surface area contributed by atoms with Gasteiger partial charge in [-0.25, -0.2) is 5.10 Å². The van der Waals surface area contributed by atoms with Crippen molar-refractivity contribution in [2.45, 2.75) is 26.6 Å². The number of nitrogens with zero attached hydrogens (tertiary/aromatic N) is 3. The van der Waals surface area contributed by atoms with Gasteiger partial charge in [0.25, 0.3) is 5.91 Å². The average molecular weight is 513 g/mol. The number of carbonyl (C=O) groups is 2. The zero-order valence-corrected chi connectivity index (χ0v) is 18.7. The predicted molar refractivity (Wildman–Crippen MR) is 119 cm³/mol. The monoisotopic (exact) mass is 512 g/mol. The number of aromatic amines is 2. The Labute approximate surface area is 201 Å². The van der Waals surface area contributed by atoms with E-state index in [-0.39, 0.29) is 19.4 Å². The summed E-state index contributed by atoms with van der Waals surface area (Å²) in [6.07, 6.45) is 4.04. The lowest BCUT2D eigenvalue weighted by atomic mass is 10.1. The first kappa shape index (κ1) is 27.5. The molecule has 0 aliphatic carbocycles. The van der Waals surface area contributed by atoms with Gasteiger partial charge >= 0.3 is 11.8 Å². The Balaban J connectivity index is 0.000000476. The highest BCUT2D eigenvalue weighted by Gasteiger charge is 2.28. The van der Waals surface area contributed by atoms with Crippen molar-refractivity contribution in [1.29, 1.82) is 0 Å². The number of halogens is 3. The fourth-order valence-corrected chi connectivity index (χ4v) is 3.69. The number of hydrogen-bond acceptors (Lipinski definition) is 7. The third-order valence-electron chi connectivity index (χ3n) is 4.40. The summed E-state index contributed by atoms with van der Waals surface area (Å²) in [6.45, 7) is 2.39. The van der Waals surface area contributed by atoms with Crippen molar-refractivity contribution in [1.82, 2.24) is 25.6 Å². The highest BCUT2D eigenvalue weighted by atomic mass is 32.1. The van der Waals surface area contributed by atoms with Gasteiger partial charge in [-0.05, 0) is 23.4 Å². The molecule has 4 rings (SSSR count). The van der Waals surface area contributed by atoms with E-state index in [9.17, 15) is 18.0 Å². The predicted octanol–water partition coefficient (Wildman–Crippen LogP) is 1.97. The van der Waals surface area contributed by atoms with Crippen LogP contribution in [0.1, 0.15) is 24.0 Å². The van der Waals surface area contributed by atoms with Crippen molar-refractivity contribution in [2.24, 2.45) is 0 Å². The van der Waals surface area contributed by atoms with Crippen LogP contribution in [0.15, 0.2) is 42.4 Å². The number of hydrogen-bond donors (Lipinski definition) is 3. The second kappa shape index (κ2) is 11.6. The van der Waals surface area contributed by atoms with Gasteiger partial charge in [-0.15, -0.1) is 15.9 Å². The van der Waals surface area contributed by atoms with E-state index in [1.54, 1.807) is 13.3 Å². The minimum Gasteiger partial charge on any atom is -0.542 e. The third-order valence-corrected chi connectivity index (χ3v) is 5.33. The number of carboxylic acids is 1. The van der Waals surface area contributed by atoms with Gasteiger partial charge < -0.3 is 20.0 Å². The van der Waals surface area contributed by atoms with E-state index in [1.165, 1.54) is 11.3 Å². The van der Waals surface area contributed by atoms with Crippen LogP contribution in [-0.2, 0) is 9.53 Å². The highest BCUT2D eigenvalue weighted by molar-refractivity contribution is 7.12. The number of carbonyl (C=O) groups excluding carboxylic acids is 2. The SMILES string of the molecule is C.COCC(C)NC(=O)c1cc(-c2c[nH][n+]3cc(-c4cn[nH]c4)cnc23)cs1.O=C([O-])C(F)(F)F. The minimum absolute atomic E-state index is 0. The van der Waals surface area contributed by atoms with Crippen LogP contribution in [0, 0.1) is 0 Å². The molecule has 1 atom stereocenters. The maximum Gasteiger partial charge on any atom is 0.430 e. The topological polar surface area (TPSA) is 140 Å². The lowest BCUT2D eigenvalue weighted by molar-refractivity contribution is -0.578. The number of ether oxygens (including phenoxy) is 1. The molecule has 0 saturated heterocycles. The molecule has 0 aliphatic rings. The van der Waals surface area contributed by atoms with Crippen LogP contribution < -0.4 is 14.9 Å². The van der Waals surface area contributed by atoms with E-state index in [4.69, 9.17) is 14.6 Å². The van der Waals surface area contributed by atoms with Crippen molar-refractivity contribution in [3.8, 4) is 22.3 Å². The molecule has 3 N–H and O–H groups in total. The molecule has 0 aromatic carbocycles. The number of carboxylic acid groups (broad SMARTS) is 1. The zero-order valence-electron chi connectivity index (χ0n) is 17.8. The number of nitrogens with one attached hydrogen (secondary N) is 3. The molecular weight excluding hydrogens is 489 g/mol. The fourth-order valence-electron chi connectivity index (χ4n) is 2.88. The largest absolute Gasteiger partial charge is 0.542 e. The summed E-state index contributed by atoms with van der Waals surface area (Å²) in [6, 6.07) is 1.84. The molecule has 0 radical (unpaired) electrons. The number of aliphatic carboxylic acids is 1. The van der Waals surface area contributed by atoms with Crippen LogP contribution in [0.25, 0.3) is 27.9 Å². The van der Waals surface area contributed by atoms with Gasteiger partial charge in [-0.3, -0.25) is 9.89 Å². The molecule has 0 bridgehead atoms. The first-order valence-corrected chi connectivity index (χ1v) is 10.5. The highest BCUT2D eigenvalue weighted by Crippen LogP contribution is 2.27. The number of aromatic nitrogens is 5. The molecule has 14 heteroatoms. The number of H-pyrrole nitrogens is 2. The molecule has 4 aromatic heterocycles. The number of alkyl halides is 3. The van der Waals surface area contributed by atoms with Crippen molar-refractivity contribution >= 4 is 28.9 Å². The zero-order chi connectivity index (χ0) is 24.9.